The number of piperidine rings is 1. The number of imide groups is 2. The molecule has 0 aliphatic carbocycles. The van der Waals surface area contributed by atoms with Crippen molar-refractivity contribution in [3.05, 3.63) is 29.3 Å². The van der Waals surface area contributed by atoms with Gasteiger partial charge in [-0.2, -0.15) is 0 Å². The highest BCUT2D eigenvalue weighted by Gasteiger charge is 2.45. The molecule has 2 heterocycles. The Labute approximate surface area is 201 Å². The molecule has 5 amide bonds. The Morgan fingerprint density at radius 2 is 1.82 bits per heavy atom. The number of unbranched alkanes of at least 4 members (excludes halogenated alkanes) is 3. The summed E-state index contributed by atoms with van der Waals surface area (Å²) in [5.74, 6) is -1.97. The van der Waals surface area contributed by atoms with Crippen LogP contribution in [0.15, 0.2) is 18.2 Å². The second kappa shape index (κ2) is 11.9. The summed E-state index contributed by atoms with van der Waals surface area (Å²) < 4.78 is 0. The Kier molecular flexibility index (Phi) is 8.99. The lowest BCUT2D eigenvalue weighted by atomic mass is 10.0. The van der Waals surface area contributed by atoms with Crippen molar-refractivity contribution in [2.24, 2.45) is 0 Å². The molecule has 178 valence electrons. The second-order valence-electron chi connectivity index (χ2n) is 8.16. The molecule has 1 fully saturated rings. The van der Waals surface area contributed by atoms with Crippen LogP contribution in [0.1, 0.15) is 72.1 Å². The first-order valence-electron chi connectivity index (χ1n) is 11.3. The number of fused-ring (bicyclic) bond motifs is 1. The average molecular weight is 521 g/mol. The third-order valence-electron chi connectivity index (χ3n) is 5.75. The first-order chi connectivity index (χ1) is 15.9. The van der Waals surface area contributed by atoms with E-state index in [0.717, 1.165) is 42.3 Å². The van der Waals surface area contributed by atoms with E-state index in [2.05, 4.69) is 31.9 Å². The summed E-state index contributed by atoms with van der Waals surface area (Å²) in [6.45, 7) is 1.25. The van der Waals surface area contributed by atoms with E-state index >= 15 is 0 Å². The average Bonchev–Trinajstić information content (AvgIpc) is 3.04. The van der Waals surface area contributed by atoms with Crippen LogP contribution in [0.5, 0.6) is 0 Å². The Bertz CT molecular complexity index is 935. The normalized spacial score (nSPS) is 17.7. The third kappa shape index (κ3) is 6.19. The molecule has 0 radical (unpaired) electrons. The van der Waals surface area contributed by atoms with Gasteiger partial charge in [0.2, 0.25) is 17.7 Å². The quantitative estimate of drug-likeness (QED) is 0.220. The van der Waals surface area contributed by atoms with Crippen molar-refractivity contribution in [1.82, 2.24) is 15.5 Å². The molecule has 3 rings (SSSR count). The lowest BCUT2D eigenvalue weighted by Gasteiger charge is -2.27. The molecule has 0 bridgehead atoms. The zero-order valence-corrected chi connectivity index (χ0v) is 20.0. The van der Waals surface area contributed by atoms with E-state index in [0.29, 0.717) is 25.2 Å². The molecule has 0 aromatic heterocycles. The van der Waals surface area contributed by atoms with Gasteiger partial charge in [0.25, 0.3) is 11.8 Å². The number of halogens is 1. The van der Waals surface area contributed by atoms with Crippen molar-refractivity contribution in [2.45, 2.75) is 57.4 Å². The van der Waals surface area contributed by atoms with Gasteiger partial charge in [0, 0.05) is 36.9 Å². The molecule has 1 aromatic rings. The van der Waals surface area contributed by atoms with Gasteiger partial charge < -0.3 is 10.6 Å². The maximum absolute atomic E-state index is 13.0. The number of hydrogen-bond donors (Lipinski definition) is 3. The summed E-state index contributed by atoms with van der Waals surface area (Å²) in [5.41, 5.74) is 1.08. The van der Waals surface area contributed by atoms with Crippen molar-refractivity contribution < 1.29 is 24.0 Å². The number of amides is 5. The highest BCUT2D eigenvalue weighted by atomic mass is 79.9. The minimum absolute atomic E-state index is 0.0812. The molecule has 9 nitrogen and oxygen atoms in total. The van der Waals surface area contributed by atoms with E-state index in [4.69, 9.17) is 0 Å². The molecule has 1 unspecified atom stereocenters. The number of alkyl halides is 1. The zero-order valence-electron chi connectivity index (χ0n) is 18.5. The van der Waals surface area contributed by atoms with Crippen LogP contribution in [0.4, 0.5) is 5.69 Å². The predicted molar refractivity (Wildman–Crippen MR) is 126 cm³/mol. The van der Waals surface area contributed by atoms with Gasteiger partial charge in [0.15, 0.2) is 0 Å². The number of carbonyl (C=O) groups is 5. The molecule has 2 aliphatic rings. The van der Waals surface area contributed by atoms with Gasteiger partial charge in [0.05, 0.1) is 11.1 Å². The number of anilines is 1. The molecule has 33 heavy (non-hydrogen) atoms. The molecule has 3 N–H and O–H groups in total. The molecule has 1 atom stereocenters. The first kappa shape index (κ1) is 24.9. The third-order valence-corrected chi connectivity index (χ3v) is 6.31. The van der Waals surface area contributed by atoms with E-state index in [1.54, 1.807) is 18.2 Å². The minimum atomic E-state index is -0.974. The van der Waals surface area contributed by atoms with Crippen LogP contribution in [0.2, 0.25) is 0 Å². The Morgan fingerprint density at radius 3 is 2.58 bits per heavy atom. The molecule has 2 aliphatic heterocycles. The second-order valence-corrected chi connectivity index (χ2v) is 8.95. The van der Waals surface area contributed by atoms with E-state index in [1.165, 1.54) is 0 Å². The summed E-state index contributed by atoms with van der Waals surface area (Å²) in [6, 6.07) is 4.04. The summed E-state index contributed by atoms with van der Waals surface area (Å²) >= 11 is 3.35. The van der Waals surface area contributed by atoms with E-state index in [1.807, 2.05) is 0 Å². The van der Waals surface area contributed by atoms with Gasteiger partial charge in [-0.15, -0.1) is 0 Å². The number of nitrogens with zero attached hydrogens (tertiary/aromatic N) is 1. The first-order valence-corrected chi connectivity index (χ1v) is 12.5. The monoisotopic (exact) mass is 520 g/mol. The number of rotatable bonds is 12. The fourth-order valence-electron chi connectivity index (χ4n) is 4.01. The van der Waals surface area contributed by atoms with Crippen LogP contribution in [0, 0.1) is 0 Å². The lowest BCUT2D eigenvalue weighted by molar-refractivity contribution is -0.136. The highest BCUT2D eigenvalue weighted by molar-refractivity contribution is 9.09. The largest absolute Gasteiger partial charge is 0.384 e. The van der Waals surface area contributed by atoms with Crippen molar-refractivity contribution in [3.8, 4) is 0 Å². The molecule has 1 aromatic carbocycles. The smallest absolute Gasteiger partial charge is 0.264 e. The van der Waals surface area contributed by atoms with Crippen LogP contribution < -0.4 is 16.0 Å². The standard InChI is InChI=1S/C23H29BrN4O5/c24-12-3-2-9-18(29)26-14-5-1-4-13-25-16-8-6-7-15-20(16)23(33)28(22(15)32)17-10-11-19(30)27-21(17)31/h6-8,17,25H,1-5,9-14H2,(H,26,29)(H,27,30,31). The summed E-state index contributed by atoms with van der Waals surface area (Å²) in [4.78, 5) is 62.2. The van der Waals surface area contributed by atoms with Crippen molar-refractivity contribution in [3.63, 3.8) is 0 Å². The predicted octanol–water partition coefficient (Wildman–Crippen LogP) is 2.35. The maximum Gasteiger partial charge on any atom is 0.264 e. The highest BCUT2D eigenvalue weighted by Crippen LogP contribution is 2.32. The van der Waals surface area contributed by atoms with Gasteiger partial charge in [0.1, 0.15) is 6.04 Å². The topological polar surface area (TPSA) is 125 Å². The van der Waals surface area contributed by atoms with E-state index in [-0.39, 0.29) is 29.9 Å². The van der Waals surface area contributed by atoms with Gasteiger partial charge in [-0.3, -0.25) is 34.2 Å². The van der Waals surface area contributed by atoms with Gasteiger partial charge in [-0.05, 0) is 50.7 Å². The van der Waals surface area contributed by atoms with Gasteiger partial charge in [-0.1, -0.05) is 22.0 Å². The van der Waals surface area contributed by atoms with Gasteiger partial charge >= 0.3 is 0 Å². The molecular formula is C23H29BrN4O5. The van der Waals surface area contributed by atoms with Crippen molar-refractivity contribution in [2.75, 3.05) is 23.7 Å². The van der Waals surface area contributed by atoms with Crippen LogP contribution in [-0.4, -0.2) is 58.9 Å². The van der Waals surface area contributed by atoms with Crippen LogP contribution in [-0.2, 0) is 14.4 Å². The van der Waals surface area contributed by atoms with Crippen LogP contribution >= 0.6 is 15.9 Å². The summed E-state index contributed by atoms with van der Waals surface area (Å²) in [6.07, 6.45) is 5.24. The number of benzene rings is 1. The summed E-state index contributed by atoms with van der Waals surface area (Å²) in [7, 11) is 0. The number of carbonyl (C=O) groups excluding carboxylic acids is 5. The molecule has 1 saturated heterocycles. The Balaban J connectivity index is 1.47. The molecule has 10 heteroatoms. The fraction of sp³-hybridized carbons (Fsp3) is 0.522. The Morgan fingerprint density at radius 1 is 1.03 bits per heavy atom. The maximum atomic E-state index is 13.0. The minimum Gasteiger partial charge on any atom is -0.384 e. The van der Waals surface area contributed by atoms with Crippen molar-refractivity contribution in [1.29, 1.82) is 0 Å². The SMILES string of the molecule is O=C(CCCCBr)NCCCCCNc1cccc2c1C(=O)N(C1CCC(=O)NC1=O)C2=O. The molecule has 0 spiro atoms. The lowest BCUT2D eigenvalue weighted by Crippen LogP contribution is -2.54. The fourth-order valence-corrected chi connectivity index (χ4v) is 4.40. The Hall–Kier alpha value is -2.75. The van der Waals surface area contributed by atoms with E-state index in [9.17, 15) is 24.0 Å². The van der Waals surface area contributed by atoms with Crippen molar-refractivity contribution >= 4 is 51.2 Å². The number of hydrogen-bond acceptors (Lipinski definition) is 6. The van der Waals surface area contributed by atoms with Crippen LogP contribution in [0.3, 0.4) is 0 Å². The zero-order chi connectivity index (χ0) is 23.8. The van der Waals surface area contributed by atoms with E-state index < -0.39 is 29.7 Å². The molecule has 0 saturated carbocycles. The summed E-state index contributed by atoms with van der Waals surface area (Å²) in [5, 5.41) is 9.26. The van der Waals surface area contributed by atoms with Gasteiger partial charge in [-0.25, -0.2) is 0 Å². The number of nitrogens with one attached hydrogen (secondary N) is 3. The van der Waals surface area contributed by atoms with Crippen LogP contribution in [0.25, 0.3) is 0 Å². The molecular weight excluding hydrogens is 492 g/mol.